The van der Waals surface area contributed by atoms with Crippen LogP contribution in [0.4, 0.5) is 0 Å². The summed E-state index contributed by atoms with van der Waals surface area (Å²) in [6.45, 7) is 7.11. The number of nitrogens with one attached hydrogen (secondary N) is 1. The summed E-state index contributed by atoms with van der Waals surface area (Å²) in [7, 11) is 1.81. The number of carbonyl (C=O) groups is 1. The van der Waals surface area contributed by atoms with Crippen LogP contribution in [-0.4, -0.2) is 46.3 Å². The van der Waals surface area contributed by atoms with Gasteiger partial charge >= 0.3 is 0 Å². The van der Waals surface area contributed by atoms with Crippen LogP contribution in [0.3, 0.4) is 0 Å². The standard InChI is InChI=1S/C14H24N4O/c1-4-7-15-12-6-9-18(10-11(12)2)14(19)13-5-8-16-17(13)3/h5,8,11-12,15H,4,6-7,9-10H2,1-3H3. The van der Waals surface area contributed by atoms with Crippen LogP contribution < -0.4 is 5.32 Å². The normalized spacial score (nSPS) is 23.6. The number of likely N-dealkylation sites (tertiary alicyclic amines) is 1. The molecular weight excluding hydrogens is 240 g/mol. The van der Waals surface area contributed by atoms with Gasteiger partial charge in [-0.15, -0.1) is 0 Å². The van der Waals surface area contributed by atoms with Crippen LogP contribution in [0, 0.1) is 5.92 Å². The van der Waals surface area contributed by atoms with Crippen molar-refractivity contribution < 1.29 is 4.79 Å². The van der Waals surface area contributed by atoms with Crippen LogP contribution in [0.25, 0.3) is 0 Å². The molecule has 106 valence electrons. The molecule has 0 spiro atoms. The second-order valence-electron chi connectivity index (χ2n) is 5.42. The van der Waals surface area contributed by atoms with Gasteiger partial charge in [0.05, 0.1) is 0 Å². The number of carbonyl (C=O) groups excluding carboxylic acids is 1. The number of aryl methyl sites for hydroxylation is 1. The topological polar surface area (TPSA) is 50.2 Å². The molecule has 1 aliphatic rings. The van der Waals surface area contributed by atoms with Gasteiger partial charge in [-0.25, -0.2) is 0 Å². The summed E-state index contributed by atoms with van der Waals surface area (Å²) in [6.07, 6.45) is 3.86. The number of hydrogen-bond donors (Lipinski definition) is 1. The van der Waals surface area contributed by atoms with E-state index in [0.29, 0.717) is 17.7 Å². The summed E-state index contributed by atoms with van der Waals surface area (Å²) in [6, 6.07) is 2.32. The molecule has 0 bridgehead atoms. The van der Waals surface area contributed by atoms with Crippen molar-refractivity contribution in [3.63, 3.8) is 0 Å². The Balaban J connectivity index is 1.95. The second kappa shape index (κ2) is 6.19. The van der Waals surface area contributed by atoms with Crippen molar-refractivity contribution in [1.29, 1.82) is 0 Å². The molecule has 1 amide bonds. The summed E-state index contributed by atoms with van der Waals surface area (Å²) in [5, 5.41) is 7.63. The van der Waals surface area contributed by atoms with E-state index < -0.39 is 0 Å². The Bertz CT molecular complexity index is 429. The van der Waals surface area contributed by atoms with E-state index in [-0.39, 0.29) is 5.91 Å². The minimum atomic E-state index is 0.0980. The van der Waals surface area contributed by atoms with E-state index in [0.717, 1.165) is 32.5 Å². The highest BCUT2D eigenvalue weighted by Gasteiger charge is 2.29. The van der Waals surface area contributed by atoms with Crippen LogP contribution in [0.2, 0.25) is 0 Å². The molecule has 2 heterocycles. The fourth-order valence-electron chi connectivity index (χ4n) is 2.71. The third kappa shape index (κ3) is 3.15. The molecule has 1 aliphatic heterocycles. The Hall–Kier alpha value is -1.36. The van der Waals surface area contributed by atoms with Gasteiger partial charge in [-0.3, -0.25) is 9.48 Å². The first-order valence-corrected chi connectivity index (χ1v) is 7.14. The molecule has 1 aromatic heterocycles. The number of rotatable bonds is 4. The molecule has 0 saturated carbocycles. The van der Waals surface area contributed by atoms with E-state index in [1.54, 1.807) is 16.9 Å². The number of amides is 1. The smallest absolute Gasteiger partial charge is 0.272 e. The van der Waals surface area contributed by atoms with Gasteiger partial charge in [0.1, 0.15) is 5.69 Å². The fourth-order valence-corrected chi connectivity index (χ4v) is 2.71. The minimum absolute atomic E-state index is 0.0980. The lowest BCUT2D eigenvalue weighted by molar-refractivity contribution is 0.0634. The highest BCUT2D eigenvalue weighted by molar-refractivity contribution is 5.92. The SMILES string of the molecule is CCCNC1CCN(C(=O)c2ccnn2C)CC1C. The van der Waals surface area contributed by atoms with Crippen molar-refractivity contribution in [2.45, 2.75) is 32.7 Å². The number of aromatic nitrogens is 2. The first-order chi connectivity index (χ1) is 9.13. The zero-order valence-corrected chi connectivity index (χ0v) is 12.1. The molecule has 5 heteroatoms. The quantitative estimate of drug-likeness (QED) is 0.891. The monoisotopic (exact) mass is 264 g/mol. The Morgan fingerprint density at radius 1 is 1.58 bits per heavy atom. The van der Waals surface area contributed by atoms with Gasteiger partial charge in [0.2, 0.25) is 0 Å². The average Bonchev–Trinajstić information content (AvgIpc) is 2.82. The van der Waals surface area contributed by atoms with Crippen LogP contribution >= 0.6 is 0 Å². The van der Waals surface area contributed by atoms with E-state index in [9.17, 15) is 4.79 Å². The first-order valence-electron chi connectivity index (χ1n) is 7.14. The van der Waals surface area contributed by atoms with Crippen molar-refractivity contribution in [1.82, 2.24) is 20.0 Å². The van der Waals surface area contributed by atoms with Crippen molar-refractivity contribution in [3.05, 3.63) is 18.0 Å². The molecule has 0 radical (unpaired) electrons. The van der Waals surface area contributed by atoms with E-state index >= 15 is 0 Å². The van der Waals surface area contributed by atoms with Gasteiger partial charge in [-0.1, -0.05) is 13.8 Å². The average molecular weight is 264 g/mol. The summed E-state index contributed by atoms with van der Waals surface area (Å²) in [5.74, 6) is 0.596. The Kier molecular flexibility index (Phi) is 4.58. The zero-order valence-electron chi connectivity index (χ0n) is 12.1. The third-order valence-electron chi connectivity index (χ3n) is 3.89. The lowest BCUT2D eigenvalue weighted by Crippen LogP contribution is -2.50. The van der Waals surface area contributed by atoms with Gasteiger partial charge in [-0.05, 0) is 31.4 Å². The third-order valence-corrected chi connectivity index (χ3v) is 3.89. The van der Waals surface area contributed by atoms with Crippen LogP contribution in [-0.2, 0) is 7.05 Å². The van der Waals surface area contributed by atoms with Crippen LogP contribution in [0.5, 0.6) is 0 Å². The van der Waals surface area contributed by atoms with Crippen molar-refractivity contribution >= 4 is 5.91 Å². The molecule has 1 saturated heterocycles. The van der Waals surface area contributed by atoms with Crippen LogP contribution in [0.15, 0.2) is 12.3 Å². The minimum Gasteiger partial charge on any atom is -0.337 e. The summed E-state index contributed by atoms with van der Waals surface area (Å²) in [4.78, 5) is 14.3. The van der Waals surface area contributed by atoms with Crippen LogP contribution in [0.1, 0.15) is 37.2 Å². The summed E-state index contributed by atoms with van der Waals surface area (Å²) < 4.78 is 1.65. The Labute approximate surface area is 115 Å². The molecular formula is C14H24N4O. The lowest BCUT2D eigenvalue weighted by Gasteiger charge is -2.37. The molecule has 2 rings (SSSR count). The fraction of sp³-hybridized carbons (Fsp3) is 0.714. The number of nitrogens with zero attached hydrogens (tertiary/aromatic N) is 3. The van der Waals surface area contributed by atoms with Gasteiger partial charge in [0.15, 0.2) is 0 Å². The van der Waals surface area contributed by atoms with Crippen molar-refractivity contribution in [2.24, 2.45) is 13.0 Å². The number of hydrogen-bond acceptors (Lipinski definition) is 3. The summed E-state index contributed by atoms with van der Waals surface area (Å²) in [5.41, 5.74) is 0.673. The predicted molar refractivity (Wildman–Crippen MR) is 75.0 cm³/mol. The van der Waals surface area contributed by atoms with E-state index in [1.807, 2.05) is 11.9 Å². The second-order valence-corrected chi connectivity index (χ2v) is 5.42. The van der Waals surface area contributed by atoms with Gasteiger partial charge in [-0.2, -0.15) is 5.10 Å². The lowest BCUT2D eigenvalue weighted by atomic mass is 9.93. The molecule has 2 unspecified atom stereocenters. The summed E-state index contributed by atoms with van der Waals surface area (Å²) >= 11 is 0. The Morgan fingerprint density at radius 2 is 2.37 bits per heavy atom. The molecule has 0 aromatic carbocycles. The highest BCUT2D eigenvalue weighted by atomic mass is 16.2. The van der Waals surface area contributed by atoms with E-state index in [1.165, 1.54) is 0 Å². The zero-order chi connectivity index (χ0) is 13.8. The predicted octanol–water partition coefficient (Wildman–Crippen LogP) is 1.27. The van der Waals surface area contributed by atoms with Gasteiger partial charge < -0.3 is 10.2 Å². The largest absolute Gasteiger partial charge is 0.337 e. The highest BCUT2D eigenvalue weighted by Crippen LogP contribution is 2.18. The molecule has 19 heavy (non-hydrogen) atoms. The molecule has 0 aliphatic carbocycles. The van der Waals surface area contributed by atoms with E-state index in [2.05, 4.69) is 24.3 Å². The molecule has 1 aromatic rings. The first kappa shape index (κ1) is 14.1. The maximum atomic E-state index is 12.4. The van der Waals surface area contributed by atoms with E-state index in [4.69, 9.17) is 0 Å². The van der Waals surface area contributed by atoms with Gasteiger partial charge in [0, 0.05) is 32.4 Å². The maximum Gasteiger partial charge on any atom is 0.272 e. The Morgan fingerprint density at radius 3 is 2.95 bits per heavy atom. The molecule has 1 N–H and O–H groups in total. The van der Waals surface area contributed by atoms with Crippen molar-refractivity contribution in [2.75, 3.05) is 19.6 Å². The van der Waals surface area contributed by atoms with Gasteiger partial charge in [0.25, 0.3) is 5.91 Å². The molecule has 5 nitrogen and oxygen atoms in total. The maximum absolute atomic E-state index is 12.4. The molecule has 1 fully saturated rings. The molecule has 2 atom stereocenters. The number of piperidine rings is 1. The van der Waals surface area contributed by atoms with Crippen molar-refractivity contribution in [3.8, 4) is 0 Å².